The topological polar surface area (TPSA) is 131 Å². The number of nitrogens with one attached hydrogen (secondary N) is 1. The van der Waals surface area contributed by atoms with Gasteiger partial charge in [0.05, 0.1) is 31.0 Å². The van der Waals surface area contributed by atoms with Crippen molar-refractivity contribution >= 4 is 26.8 Å². The molecule has 29 heavy (non-hydrogen) atoms. The molecule has 2 heterocycles. The zero-order valence-electron chi connectivity index (χ0n) is 16.5. The summed E-state index contributed by atoms with van der Waals surface area (Å²) in [6.07, 6.45) is 4.11. The number of aromatic nitrogens is 1. The Morgan fingerprint density at radius 2 is 2.00 bits per heavy atom. The standard InChI is InChI=1S/C19H25N5O4S/c1-27-17-8-15-16(9-18(17)28-2)22-12-14(10-20)19(15)24-6-3-4-13(5-7-24)11-23-29(21,25)26/h8-9,12-13,23H,3-7,11H2,1-2H3,(H2,21,25,26). The van der Waals surface area contributed by atoms with E-state index >= 15 is 0 Å². The van der Waals surface area contributed by atoms with Gasteiger partial charge in [0.1, 0.15) is 6.07 Å². The molecule has 156 valence electrons. The molecule has 1 aromatic heterocycles. The van der Waals surface area contributed by atoms with Crippen molar-refractivity contribution in [1.82, 2.24) is 9.71 Å². The van der Waals surface area contributed by atoms with Crippen LogP contribution in [0.1, 0.15) is 24.8 Å². The van der Waals surface area contributed by atoms with Gasteiger partial charge in [-0.15, -0.1) is 0 Å². The summed E-state index contributed by atoms with van der Waals surface area (Å²) >= 11 is 0. The highest BCUT2D eigenvalue weighted by molar-refractivity contribution is 7.87. The second kappa shape index (κ2) is 8.82. The van der Waals surface area contributed by atoms with Gasteiger partial charge in [-0.1, -0.05) is 0 Å². The maximum atomic E-state index is 11.2. The molecule has 1 aliphatic rings. The van der Waals surface area contributed by atoms with Crippen LogP contribution in [0.25, 0.3) is 10.9 Å². The number of nitriles is 1. The van der Waals surface area contributed by atoms with E-state index in [1.54, 1.807) is 26.5 Å². The van der Waals surface area contributed by atoms with Crippen LogP contribution in [0.5, 0.6) is 11.5 Å². The highest BCUT2D eigenvalue weighted by Crippen LogP contribution is 2.38. The molecule has 3 N–H and O–H groups in total. The lowest BCUT2D eigenvalue weighted by Gasteiger charge is -2.26. The molecule has 0 amide bonds. The number of benzene rings is 1. The van der Waals surface area contributed by atoms with Crippen molar-refractivity contribution < 1.29 is 17.9 Å². The Kier molecular flexibility index (Phi) is 6.42. The van der Waals surface area contributed by atoms with Crippen LogP contribution in [0.3, 0.4) is 0 Å². The smallest absolute Gasteiger partial charge is 0.274 e. The van der Waals surface area contributed by atoms with Crippen molar-refractivity contribution in [2.24, 2.45) is 11.1 Å². The summed E-state index contributed by atoms with van der Waals surface area (Å²) in [6, 6.07) is 5.89. The SMILES string of the molecule is COc1cc2ncc(C#N)c(N3CCCC(CNS(N)(=O)=O)CC3)c2cc1OC. The zero-order chi connectivity index (χ0) is 21.0. The van der Waals surface area contributed by atoms with Gasteiger partial charge in [0, 0.05) is 37.3 Å². The summed E-state index contributed by atoms with van der Waals surface area (Å²) in [7, 11) is -0.558. The minimum Gasteiger partial charge on any atom is -0.493 e. The molecule has 1 aliphatic heterocycles. The third-order valence-corrected chi connectivity index (χ3v) is 5.77. The van der Waals surface area contributed by atoms with Crippen LogP contribution >= 0.6 is 0 Å². The Labute approximate surface area is 170 Å². The monoisotopic (exact) mass is 419 g/mol. The van der Waals surface area contributed by atoms with Crippen molar-refractivity contribution in [2.75, 3.05) is 38.8 Å². The number of hydrogen-bond acceptors (Lipinski definition) is 7. The average molecular weight is 420 g/mol. The van der Waals surface area contributed by atoms with E-state index in [0.29, 0.717) is 35.7 Å². The Morgan fingerprint density at radius 3 is 2.66 bits per heavy atom. The minimum absolute atomic E-state index is 0.187. The van der Waals surface area contributed by atoms with Gasteiger partial charge in [0.25, 0.3) is 10.2 Å². The summed E-state index contributed by atoms with van der Waals surface area (Å²) in [5, 5.41) is 15.5. The van der Waals surface area contributed by atoms with Crippen molar-refractivity contribution in [3.8, 4) is 17.6 Å². The van der Waals surface area contributed by atoms with E-state index in [4.69, 9.17) is 14.6 Å². The van der Waals surface area contributed by atoms with E-state index in [1.165, 1.54) is 0 Å². The van der Waals surface area contributed by atoms with E-state index in [2.05, 4.69) is 20.7 Å². The molecular weight excluding hydrogens is 394 g/mol. The van der Waals surface area contributed by atoms with E-state index in [-0.39, 0.29) is 5.92 Å². The summed E-state index contributed by atoms with van der Waals surface area (Å²) in [4.78, 5) is 6.58. The molecule has 0 aliphatic carbocycles. The van der Waals surface area contributed by atoms with Gasteiger partial charge in [-0.3, -0.25) is 4.98 Å². The van der Waals surface area contributed by atoms with Crippen LogP contribution in [-0.4, -0.2) is 47.3 Å². The van der Waals surface area contributed by atoms with Crippen molar-refractivity contribution in [2.45, 2.75) is 19.3 Å². The van der Waals surface area contributed by atoms with Crippen LogP contribution in [0.2, 0.25) is 0 Å². The second-order valence-corrected chi connectivity index (χ2v) is 8.41. The normalized spacial score (nSPS) is 17.6. The van der Waals surface area contributed by atoms with E-state index in [0.717, 1.165) is 36.9 Å². The summed E-state index contributed by atoms with van der Waals surface area (Å²) in [5.74, 6) is 1.34. The lowest BCUT2D eigenvalue weighted by atomic mass is 10.0. The molecule has 1 aromatic carbocycles. The molecule has 1 atom stereocenters. The maximum Gasteiger partial charge on any atom is 0.274 e. The number of rotatable bonds is 6. The van der Waals surface area contributed by atoms with Crippen LogP contribution in [0, 0.1) is 17.2 Å². The number of hydrogen-bond donors (Lipinski definition) is 2. The number of fused-ring (bicyclic) bond motifs is 1. The third-order valence-electron chi connectivity index (χ3n) is 5.20. The molecule has 3 rings (SSSR count). The Morgan fingerprint density at radius 1 is 1.28 bits per heavy atom. The molecular formula is C19H25N5O4S. The summed E-state index contributed by atoms with van der Waals surface area (Å²) < 4.78 is 35.6. The summed E-state index contributed by atoms with van der Waals surface area (Å²) in [5.41, 5.74) is 2.03. The van der Waals surface area contributed by atoms with Crippen molar-refractivity contribution in [3.63, 3.8) is 0 Å². The van der Waals surface area contributed by atoms with Gasteiger partial charge in [-0.25, -0.2) is 9.86 Å². The highest BCUT2D eigenvalue weighted by atomic mass is 32.2. The third kappa shape index (κ3) is 4.87. The predicted octanol–water partition coefficient (Wildman–Crippen LogP) is 1.52. The second-order valence-electron chi connectivity index (χ2n) is 7.03. The van der Waals surface area contributed by atoms with Gasteiger partial charge in [-0.2, -0.15) is 13.7 Å². The number of ether oxygens (including phenoxy) is 2. The fourth-order valence-electron chi connectivity index (χ4n) is 3.75. The molecule has 1 unspecified atom stereocenters. The Balaban J connectivity index is 1.94. The molecule has 1 fully saturated rings. The quantitative estimate of drug-likeness (QED) is 0.726. The van der Waals surface area contributed by atoms with Crippen LogP contribution in [0.15, 0.2) is 18.3 Å². The van der Waals surface area contributed by atoms with Crippen LogP contribution in [0.4, 0.5) is 5.69 Å². The molecule has 0 spiro atoms. The van der Waals surface area contributed by atoms with Crippen molar-refractivity contribution in [1.29, 1.82) is 5.26 Å². The van der Waals surface area contributed by atoms with E-state index in [9.17, 15) is 13.7 Å². The largest absolute Gasteiger partial charge is 0.493 e. The number of nitrogens with zero attached hydrogens (tertiary/aromatic N) is 3. The predicted molar refractivity (Wildman–Crippen MR) is 110 cm³/mol. The fourth-order valence-corrected chi connectivity index (χ4v) is 4.22. The lowest BCUT2D eigenvalue weighted by Crippen LogP contribution is -2.35. The molecule has 9 nitrogen and oxygen atoms in total. The number of anilines is 1. The first kappa shape index (κ1) is 21.1. The fraction of sp³-hybridized carbons (Fsp3) is 0.474. The zero-order valence-corrected chi connectivity index (χ0v) is 17.3. The number of methoxy groups -OCH3 is 2. The maximum absolute atomic E-state index is 11.2. The Bertz CT molecular complexity index is 1040. The van der Waals surface area contributed by atoms with Gasteiger partial charge >= 0.3 is 0 Å². The van der Waals surface area contributed by atoms with Gasteiger partial charge < -0.3 is 14.4 Å². The van der Waals surface area contributed by atoms with Crippen molar-refractivity contribution in [3.05, 3.63) is 23.9 Å². The first-order valence-corrected chi connectivity index (χ1v) is 10.9. The number of pyridine rings is 1. The molecule has 10 heteroatoms. The lowest BCUT2D eigenvalue weighted by molar-refractivity contribution is 0.356. The first-order valence-electron chi connectivity index (χ1n) is 9.33. The van der Waals surface area contributed by atoms with Crippen LogP contribution < -0.4 is 24.2 Å². The van der Waals surface area contributed by atoms with Crippen LogP contribution in [-0.2, 0) is 10.2 Å². The molecule has 1 saturated heterocycles. The van der Waals surface area contributed by atoms with Gasteiger partial charge in [0.15, 0.2) is 11.5 Å². The van der Waals surface area contributed by atoms with Gasteiger partial charge in [0.2, 0.25) is 0 Å². The minimum atomic E-state index is -3.70. The van der Waals surface area contributed by atoms with E-state index < -0.39 is 10.2 Å². The molecule has 0 radical (unpaired) electrons. The Hall–Kier alpha value is -2.61. The average Bonchev–Trinajstić information content (AvgIpc) is 2.95. The molecule has 2 aromatic rings. The van der Waals surface area contributed by atoms with Gasteiger partial charge in [-0.05, 0) is 31.2 Å². The highest BCUT2D eigenvalue weighted by Gasteiger charge is 2.23. The number of nitrogens with two attached hydrogens (primary N) is 1. The summed E-state index contributed by atoms with van der Waals surface area (Å²) in [6.45, 7) is 1.77. The first-order chi connectivity index (χ1) is 13.9. The molecule has 0 bridgehead atoms. The van der Waals surface area contributed by atoms with E-state index in [1.807, 2.05) is 6.07 Å². The molecule has 0 saturated carbocycles.